The smallest absolute Gasteiger partial charge is 0.128 e. The second kappa shape index (κ2) is 7.98. The number of hydrogen-bond acceptors (Lipinski definition) is 2. The quantitative estimate of drug-likeness (QED) is 0.761. The highest BCUT2D eigenvalue weighted by atomic mass is 79.9. The summed E-state index contributed by atoms with van der Waals surface area (Å²) in [6.07, 6.45) is 1.06. The van der Waals surface area contributed by atoms with E-state index in [2.05, 4.69) is 47.0 Å². The monoisotopic (exact) mass is 330 g/mol. The van der Waals surface area contributed by atoms with Crippen LogP contribution in [0, 0.1) is 5.82 Å². The Labute approximate surface area is 124 Å². The maximum atomic E-state index is 13.7. The lowest BCUT2D eigenvalue weighted by Crippen LogP contribution is -2.30. The van der Waals surface area contributed by atoms with Crippen molar-refractivity contribution in [3.63, 3.8) is 0 Å². The van der Waals surface area contributed by atoms with E-state index >= 15 is 0 Å². The van der Waals surface area contributed by atoms with Gasteiger partial charge in [-0.05, 0) is 65.5 Å². The molecule has 1 aromatic rings. The van der Waals surface area contributed by atoms with Gasteiger partial charge in [-0.25, -0.2) is 4.39 Å². The van der Waals surface area contributed by atoms with E-state index in [1.54, 1.807) is 6.07 Å². The molecule has 0 saturated carbocycles. The molecule has 1 atom stereocenters. The van der Waals surface area contributed by atoms with Gasteiger partial charge in [-0.3, -0.25) is 0 Å². The molecule has 0 aromatic heterocycles. The van der Waals surface area contributed by atoms with E-state index in [4.69, 9.17) is 0 Å². The van der Waals surface area contributed by atoms with Crippen LogP contribution in [0.2, 0.25) is 0 Å². The average molecular weight is 331 g/mol. The van der Waals surface area contributed by atoms with Gasteiger partial charge in [-0.1, -0.05) is 15.9 Å². The van der Waals surface area contributed by atoms with Crippen molar-refractivity contribution in [2.75, 3.05) is 20.1 Å². The van der Waals surface area contributed by atoms with E-state index in [0.29, 0.717) is 11.6 Å². The highest BCUT2D eigenvalue weighted by Gasteiger charge is 2.11. The van der Waals surface area contributed by atoms with Crippen LogP contribution in [0.4, 0.5) is 4.39 Å². The highest BCUT2D eigenvalue weighted by molar-refractivity contribution is 9.10. The van der Waals surface area contributed by atoms with Gasteiger partial charge in [0.15, 0.2) is 0 Å². The third kappa shape index (κ3) is 5.59. The van der Waals surface area contributed by atoms with Crippen LogP contribution >= 0.6 is 15.9 Å². The summed E-state index contributed by atoms with van der Waals surface area (Å²) in [6.45, 7) is 8.32. The van der Waals surface area contributed by atoms with Crippen molar-refractivity contribution >= 4 is 15.9 Å². The number of hydrogen-bond donors (Lipinski definition) is 1. The average Bonchev–Trinajstić information content (AvgIpc) is 2.36. The van der Waals surface area contributed by atoms with E-state index in [-0.39, 0.29) is 11.9 Å². The van der Waals surface area contributed by atoms with Gasteiger partial charge < -0.3 is 10.2 Å². The van der Waals surface area contributed by atoms with Crippen LogP contribution in [-0.4, -0.2) is 31.1 Å². The summed E-state index contributed by atoms with van der Waals surface area (Å²) >= 11 is 3.38. The molecule has 0 bridgehead atoms. The van der Waals surface area contributed by atoms with E-state index in [1.807, 2.05) is 13.0 Å². The molecule has 0 radical (unpaired) electrons. The Bertz CT molecular complexity index is 396. The van der Waals surface area contributed by atoms with Gasteiger partial charge in [0.05, 0.1) is 0 Å². The lowest BCUT2D eigenvalue weighted by Gasteiger charge is -2.21. The SMILES string of the molecule is CC(NCCCN(C)C(C)C)c1cc(Br)ccc1F. The minimum absolute atomic E-state index is 0.0295. The predicted molar refractivity (Wildman–Crippen MR) is 82.9 cm³/mol. The van der Waals surface area contributed by atoms with Gasteiger partial charge >= 0.3 is 0 Å². The summed E-state index contributed by atoms with van der Waals surface area (Å²) in [4.78, 5) is 2.31. The summed E-state index contributed by atoms with van der Waals surface area (Å²) < 4.78 is 14.6. The van der Waals surface area contributed by atoms with Crippen molar-refractivity contribution in [2.45, 2.75) is 39.3 Å². The third-order valence-corrected chi connectivity index (χ3v) is 3.94. The van der Waals surface area contributed by atoms with E-state index in [9.17, 15) is 4.39 Å². The lowest BCUT2D eigenvalue weighted by atomic mass is 10.1. The maximum absolute atomic E-state index is 13.7. The molecule has 19 heavy (non-hydrogen) atoms. The Kier molecular flexibility index (Phi) is 6.97. The van der Waals surface area contributed by atoms with Gasteiger partial charge in [0.25, 0.3) is 0 Å². The van der Waals surface area contributed by atoms with Crippen LogP contribution in [0.15, 0.2) is 22.7 Å². The molecule has 2 nitrogen and oxygen atoms in total. The molecule has 1 N–H and O–H groups in total. The van der Waals surface area contributed by atoms with Crippen LogP contribution in [0.5, 0.6) is 0 Å². The van der Waals surface area contributed by atoms with Crippen molar-refractivity contribution in [3.05, 3.63) is 34.1 Å². The molecule has 4 heteroatoms. The van der Waals surface area contributed by atoms with Gasteiger partial charge in [0, 0.05) is 22.1 Å². The molecule has 0 saturated heterocycles. The Morgan fingerprint density at radius 2 is 2.00 bits per heavy atom. The van der Waals surface area contributed by atoms with Crippen LogP contribution in [0.1, 0.15) is 38.8 Å². The summed E-state index contributed by atoms with van der Waals surface area (Å²) in [7, 11) is 2.13. The van der Waals surface area contributed by atoms with Crippen LogP contribution < -0.4 is 5.32 Å². The molecule has 0 aliphatic heterocycles. The van der Waals surface area contributed by atoms with Crippen LogP contribution in [-0.2, 0) is 0 Å². The normalized spacial score (nSPS) is 13.3. The van der Waals surface area contributed by atoms with E-state index in [0.717, 1.165) is 24.0 Å². The summed E-state index contributed by atoms with van der Waals surface area (Å²) in [5.74, 6) is -0.150. The first-order valence-corrected chi connectivity index (χ1v) is 7.59. The van der Waals surface area contributed by atoms with Crippen molar-refractivity contribution < 1.29 is 4.39 Å². The molecule has 0 amide bonds. The third-order valence-electron chi connectivity index (χ3n) is 3.44. The summed E-state index contributed by atoms with van der Waals surface area (Å²) in [5.41, 5.74) is 0.714. The molecule has 1 aromatic carbocycles. The summed E-state index contributed by atoms with van der Waals surface area (Å²) in [5, 5.41) is 3.37. The Morgan fingerprint density at radius 3 is 2.63 bits per heavy atom. The van der Waals surface area contributed by atoms with E-state index in [1.165, 1.54) is 6.07 Å². The van der Waals surface area contributed by atoms with Gasteiger partial charge in [0.1, 0.15) is 5.82 Å². The fourth-order valence-electron chi connectivity index (χ4n) is 1.86. The van der Waals surface area contributed by atoms with Gasteiger partial charge in [-0.15, -0.1) is 0 Å². The fraction of sp³-hybridized carbons (Fsp3) is 0.600. The van der Waals surface area contributed by atoms with Crippen molar-refractivity contribution in [1.29, 1.82) is 0 Å². The minimum atomic E-state index is -0.150. The second-order valence-corrected chi connectivity index (χ2v) is 6.19. The first-order chi connectivity index (χ1) is 8.91. The zero-order valence-electron chi connectivity index (χ0n) is 12.2. The number of benzene rings is 1. The molecule has 0 heterocycles. The number of halogens is 2. The number of nitrogens with zero attached hydrogens (tertiary/aromatic N) is 1. The Balaban J connectivity index is 2.39. The molecule has 0 fully saturated rings. The molecular formula is C15H24BrFN2. The van der Waals surface area contributed by atoms with Crippen LogP contribution in [0.25, 0.3) is 0 Å². The maximum Gasteiger partial charge on any atom is 0.128 e. The van der Waals surface area contributed by atoms with Crippen LogP contribution in [0.3, 0.4) is 0 Å². The first kappa shape index (κ1) is 16.6. The highest BCUT2D eigenvalue weighted by Crippen LogP contribution is 2.21. The lowest BCUT2D eigenvalue weighted by molar-refractivity contribution is 0.268. The predicted octanol–water partition coefficient (Wildman–Crippen LogP) is 3.97. The molecule has 0 aliphatic carbocycles. The summed E-state index contributed by atoms with van der Waals surface area (Å²) in [6, 6.07) is 5.67. The minimum Gasteiger partial charge on any atom is -0.310 e. The molecular weight excluding hydrogens is 307 g/mol. The molecule has 0 spiro atoms. The fourth-order valence-corrected chi connectivity index (χ4v) is 2.24. The zero-order valence-corrected chi connectivity index (χ0v) is 13.8. The topological polar surface area (TPSA) is 15.3 Å². The van der Waals surface area contributed by atoms with Gasteiger partial charge in [-0.2, -0.15) is 0 Å². The zero-order chi connectivity index (χ0) is 14.4. The Hall–Kier alpha value is -0.450. The van der Waals surface area contributed by atoms with Crippen molar-refractivity contribution in [2.24, 2.45) is 0 Å². The molecule has 108 valence electrons. The van der Waals surface area contributed by atoms with Gasteiger partial charge in [0.2, 0.25) is 0 Å². The number of nitrogens with one attached hydrogen (secondary N) is 1. The van der Waals surface area contributed by atoms with Crippen molar-refractivity contribution in [1.82, 2.24) is 10.2 Å². The first-order valence-electron chi connectivity index (χ1n) is 6.80. The largest absolute Gasteiger partial charge is 0.310 e. The molecule has 1 rings (SSSR count). The number of rotatable bonds is 7. The van der Waals surface area contributed by atoms with Crippen molar-refractivity contribution in [3.8, 4) is 0 Å². The molecule has 0 aliphatic rings. The van der Waals surface area contributed by atoms with E-state index < -0.39 is 0 Å². The standard InChI is InChI=1S/C15H24BrFN2/c1-11(2)19(4)9-5-8-18-12(3)14-10-13(16)6-7-15(14)17/h6-7,10-12,18H,5,8-9H2,1-4H3. The second-order valence-electron chi connectivity index (χ2n) is 5.27. The molecule has 1 unspecified atom stereocenters. The Morgan fingerprint density at radius 1 is 1.32 bits per heavy atom.